The van der Waals surface area contributed by atoms with Crippen LogP contribution in [0, 0.1) is 5.41 Å². The number of sulfonamides is 1. The van der Waals surface area contributed by atoms with Crippen molar-refractivity contribution >= 4 is 33.3 Å². The molecule has 1 aromatic rings. The summed E-state index contributed by atoms with van der Waals surface area (Å²) >= 11 is 5.90. The highest BCUT2D eigenvalue weighted by Crippen LogP contribution is 2.28. The first-order valence-electron chi connectivity index (χ1n) is 6.27. The Hall–Kier alpha value is -1.27. The van der Waals surface area contributed by atoms with E-state index < -0.39 is 10.0 Å². The number of aliphatic imine (C=N–C) groups is 1. The average Bonchev–Trinajstić information content (AvgIpc) is 2.25. The molecule has 1 aliphatic rings. The van der Waals surface area contributed by atoms with Crippen LogP contribution in [-0.4, -0.2) is 20.4 Å². The van der Waals surface area contributed by atoms with Gasteiger partial charge in [-0.2, -0.15) is 0 Å². The standard InChI is InChI=1S/C13H18ClN3O2S/c1-8(13(2,3)4)15-12-16-10-7-9(14)5-6-11(10)20(18,19)17-12/h5-8H,1-4H3,(H2,15,16,17). The maximum Gasteiger partial charge on any atom is 0.266 e. The molecular weight excluding hydrogens is 298 g/mol. The first-order chi connectivity index (χ1) is 9.09. The molecule has 1 heterocycles. The Labute approximate surface area is 124 Å². The fraction of sp³-hybridized carbons (Fsp3) is 0.462. The highest BCUT2D eigenvalue weighted by molar-refractivity contribution is 7.90. The topological polar surface area (TPSA) is 70.6 Å². The average molecular weight is 316 g/mol. The van der Waals surface area contributed by atoms with E-state index in [9.17, 15) is 8.42 Å². The molecule has 0 bridgehead atoms. The lowest BCUT2D eigenvalue weighted by molar-refractivity contribution is 0.341. The fourth-order valence-electron chi connectivity index (χ4n) is 1.62. The molecule has 0 amide bonds. The van der Waals surface area contributed by atoms with Crippen LogP contribution < -0.4 is 10.0 Å². The number of anilines is 1. The molecule has 0 radical (unpaired) electrons. The number of halogens is 1. The Morgan fingerprint density at radius 2 is 1.95 bits per heavy atom. The van der Waals surface area contributed by atoms with Crippen LogP contribution in [0.4, 0.5) is 5.69 Å². The maximum atomic E-state index is 12.2. The number of nitrogens with zero attached hydrogens (tertiary/aromatic N) is 1. The Kier molecular flexibility index (Phi) is 3.73. The van der Waals surface area contributed by atoms with Crippen LogP contribution in [0.25, 0.3) is 0 Å². The van der Waals surface area contributed by atoms with Crippen molar-refractivity contribution in [2.45, 2.75) is 38.6 Å². The van der Waals surface area contributed by atoms with Crippen LogP contribution in [0.3, 0.4) is 0 Å². The summed E-state index contributed by atoms with van der Waals surface area (Å²) in [7, 11) is -3.60. The Morgan fingerprint density at radius 1 is 1.30 bits per heavy atom. The van der Waals surface area contributed by atoms with Crippen molar-refractivity contribution in [1.82, 2.24) is 4.72 Å². The molecule has 20 heavy (non-hydrogen) atoms. The Balaban J connectivity index is 2.42. The van der Waals surface area contributed by atoms with Gasteiger partial charge in [0.2, 0.25) is 5.96 Å². The zero-order valence-corrected chi connectivity index (χ0v) is 13.4. The molecule has 1 aromatic carbocycles. The molecule has 5 nitrogen and oxygen atoms in total. The van der Waals surface area contributed by atoms with Crippen molar-refractivity contribution in [3.8, 4) is 0 Å². The van der Waals surface area contributed by atoms with Gasteiger partial charge < -0.3 is 5.32 Å². The van der Waals surface area contributed by atoms with Gasteiger partial charge in [0.1, 0.15) is 4.90 Å². The number of rotatable bonds is 1. The summed E-state index contributed by atoms with van der Waals surface area (Å²) < 4.78 is 26.7. The van der Waals surface area contributed by atoms with Gasteiger partial charge in [-0.1, -0.05) is 32.4 Å². The normalized spacial score (nSPS) is 20.8. The van der Waals surface area contributed by atoms with E-state index in [2.05, 4.69) is 15.0 Å². The van der Waals surface area contributed by atoms with E-state index in [4.69, 9.17) is 11.6 Å². The summed E-state index contributed by atoms with van der Waals surface area (Å²) in [4.78, 5) is 4.57. The van der Waals surface area contributed by atoms with Crippen LogP contribution in [0.5, 0.6) is 0 Å². The second-order valence-corrected chi connectivity index (χ2v) is 7.98. The summed E-state index contributed by atoms with van der Waals surface area (Å²) in [6.07, 6.45) is 0. The quantitative estimate of drug-likeness (QED) is 0.837. The number of guanidine groups is 1. The molecule has 110 valence electrons. The molecule has 1 aliphatic heterocycles. The lowest BCUT2D eigenvalue weighted by atomic mass is 9.89. The van der Waals surface area contributed by atoms with Gasteiger partial charge in [-0.25, -0.2) is 18.1 Å². The highest BCUT2D eigenvalue weighted by Gasteiger charge is 2.28. The zero-order chi connectivity index (χ0) is 15.1. The zero-order valence-electron chi connectivity index (χ0n) is 11.9. The molecule has 0 aliphatic carbocycles. The van der Waals surface area contributed by atoms with Gasteiger partial charge in [0, 0.05) is 5.02 Å². The lowest BCUT2D eigenvalue weighted by Crippen LogP contribution is -2.42. The van der Waals surface area contributed by atoms with Crippen molar-refractivity contribution in [1.29, 1.82) is 0 Å². The predicted molar refractivity (Wildman–Crippen MR) is 81.7 cm³/mol. The van der Waals surface area contributed by atoms with E-state index in [0.29, 0.717) is 10.7 Å². The minimum atomic E-state index is -3.60. The molecule has 0 spiro atoms. The fourth-order valence-corrected chi connectivity index (χ4v) is 2.90. The van der Waals surface area contributed by atoms with Gasteiger partial charge in [0.25, 0.3) is 10.0 Å². The van der Waals surface area contributed by atoms with Gasteiger partial charge >= 0.3 is 0 Å². The van der Waals surface area contributed by atoms with Gasteiger partial charge in [0.15, 0.2) is 0 Å². The molecule has 1 unspecified atom stereocenters. The van der Waals surface area contributed by atoms with Crippen molar-refractivity contribution in [2.75, 3.05) is 5.32 Å². The molecule has 2 rings (SSSR count). The van der Waals surface area contributed by atoms with Crippen LogP contribution in [0.1, 0.15) is 27.7 Å². The lowest BCUT2D eigenvalue weighted by Gasteiger charge is -2.27. The predicted octanol–water partition coefficient (Wildman–Crippen LogP) is 2.83. The molecule has 0 saturated heterocycles. The van der Waals surface area contributed by atoms with Gasteiger partial charge in [-0.15, -0.1) is 0 Å². The number of hydrogen-bond donors (Lipinski definition) is 2. The third-order valence-electron chi connectivity index (χ3n) is 3.29. The number of fused-ring (bicyclic) bond motifs is 1. The van der Waals surface area contributed by atoms with Crippen molar-refractivity contribution in [3.63, 3.8) is 0 Å². The third-order valence-corrected chi connectivity index (χ3v) is 4.92. The third kappa shape index (κ3) is 3.07. The number of hydrogen-bond acceptors (Lipinski definition) is 3. The molecule has 0 fully saturated rings. The summed E-state index contributed by atoms with van der Waals surface area (Å²) in [5, 5.41) is 3.44. The molecule has 1 atom stereocenters. The molecule has 7 heteroatoms. The monoisotopic (exact) mass is 315 g/mol. The van der Waals surface area contributed by atoms with Gasteiger partial charge in [-0.3, -0.25) is 0 Å². The van der Waals surface area contributed by atoms with Gasteiger partial charge in [0.05, 0.1) is 11.7 Å². The van der Waals surface area contributed by atoms with Crippen LogP contribution >= 0.6 is 11.6 Å². The Morgan fingerprint density at radius 3 is 2.55 bits per heavy atom. The smallest absolute Gasteiger partial charge is 0.266 e. The van der Waals surface area contributed by atoms with Crippen LogP contribution in [-0.2, 0) is 10.0 Å². The maximum absolute atomic E-state index is 12.2. The van der Waals surface area contributed by atoms with E-state index in [0.717, 1.165) is 0 Å². The largest absolute Gasteiger partial charge is 0.324 e. The van der Waals surface area contributed by atoms with Crippen molar-refractivity contribution in [2.24, 2.45) is 10.4 Å². The van der Waals surface area contributed by atoms with E-state index in [-0.39, 0.29) is 22.3 Å². The first-order valence-corrected chi connectivity index (χ1v) is 8.13. The summed E-state index contributed by atoms with van der Waals surface area (Å²) in [5.74, 6) is 0.224. The SMILES string of the molecule is CC(N=C1Nc2cc(Cl)ccc2S(=O)(=O)N1)C(C)(C)C. The first kappa shape index (κ1) is 15.1. The second kappa shape index (κ2) is 4.93. The molecule has 0 aromatic heterocycles. The van der Waals surface area contributed by atoms with Crippen molar-refractivity contribution in [3.05, 3.63) is 23.2 Å². The van der Waals surface area contributed by atoms with E-state index in [1.807, 2.05) is 27.7 Å². The summed E-state index contributed by atoms with van der Waals surface area (Å²) in [5.41, 5.74) is 0.380. The highest BCUT2D eigenvalue weighted by atomic mass is 35.5. The Bertz CT molecular complexity index is 663. The molecule has 2 N–H and O–H groups in total. The van der Waals surface area contributed by atoms with Crippen LogP contribution in [0.15, 0.2) is 28.1 Å². The van der Waals surface area contributed by atoms with E-state index >= 15 is 0 Å². The molecular formula is C13H18ClN3O2S. The van der Waals surface area contributed by atoms with E-state index in [1.165, 1.54) is 6.07 Å². The van der Waals surface area contributed by atoms with Crippen LogP contribution in [0.2, 0.25) is 5.02 Å². The minimum absolute atomic E-state index is 0.0477. The second-order valence-electron chi connectivity index (χ2n) is 5.89. The van der Waals surface area contributed by atoms with E-state index in [1.54, 1.807) is 12.1 Å². The van der Waals surface area contributed by atoms with Gasteiger partial charge in [-0.05, 0) is 30.5 Å². The summed E-state index contributed by atoms with van der Waals surface area (Å²) in [6.45, 7) is 8.08. The van der Waals surface area contributed by atoms with Crippen molar-refractivity contribution < 1.29 is 8.42 Å². The molecule has 0 saturated carbocycles. The number of nitrogens with one attached hydrogen (secondary N) is 2. The number of benzene rings is 1. The summed E-state index contributed by atoms with van der Waals surface area (Å²) in [6, 6.07) is 4.54. The minimum Gasteiger partial charge on any atom is -0.324 e.